The minimum Gasteiger partial charge on any atom is -0.282 e. The molecule has 0 saturated heterocycles. The van der Waals surface area contributed by atoms with Crippen molar-refractivity contribution in [3.63, 3.8) is 0 Å². The summed E-state index contributed by atoms with van der Waals surface area (Å²) in [5, 5.41) is 0. The molecule has 0 radical (unpaired) electrons. The van der Waals surface area contributed by atoms with Crippen LogP contribution in [-0.2, 0) is 4.79 Å². The topological polar surface area (TPSA) is 69.6 Å². The second-order valence-electron chi connectivity index (χ2n) is 1.49. The molecular formula is C5H15NO3S. The molecule has 0 aliphatic rings. The van der Waals surface area contributed by atoms with E-state index in [1.807, 2.05) is 18.6 Å². The third-order valence-corrected chi connectivity index (χ3v) is 1.01. The van der Waals surface area contributed by atoms with Crippen molar-refractivity contribution in [3.8, 4) is 0 Å². The van der Waals surface area contributed by atoms with Crippen molar-refractivity contribution < 1.29 is 13.9 Å². The normalized spacial score (nSPS) is 11.0. The Morgan fingerprint density at radius 2 is 1.70 bits per heavy atom. The van der Waals surface area contributed by atoms with Crippen molar-refractivity contribution in [2.75, 3.05) is 6.26 Å². The molecule has 0 unspecified atom stereocenters. The number of hydrogen-bond donors (Lipinski definition) is 3. The fourth-order valence-corrected chi connectivity index (χ4v) is 0.817. The maximum Gasteiger partial charge on any atom is 0.234 e. The van der Waals surface area contributed by atoms with Gasteiger partial charge in [-0.25, -0.2) is 0 Å². The van der Waals surface area contributed by atoms with Gasteiger partial charge >= 0.3 is 0 Å². The second kappa shape index (κ2) is 5.52. The molecule has 0 aromatic rings. The maximum atomic E-state index is 10.0. The van der Waals surface area contributed by atoms with Gasteiger partial charge in [0.1, 0.15) is 0 Å². The Labute approximate surface area is 63.1 Å². The second-order valence-corrected chi connectivity index (χ2v) is 3.36. The van der Waals surface area contributed by atoms with Crippen LogP contribution in [0.25, 0.3) is 0 Å². The lowest BCUT2D eigenvalue weighted by Crippen LogP contribution is -2.23. The molecule has 4 nitrogen and oxygen atoms in total. The highest BCUT2D eigenvalue weighted by Gasteiger charge is 2.02. The molecule has 0 aliphatic heterocycles. The molecule has 0 bridgehead atoms. The number of amides is 1. The van der Waals surface area contributed by atoms with Gasteiger partial charge in [0.15, 0.2) is 0 Å². The zero-order valence-corrected chi connectivity index (χ0v) is 7.53. The van der Waals surface area contributed by atoms with Crippen LogP contribution in [0.2, 0.25) is 0 Å². The van der Waals surface area contributed by atoms with E-state index in [0.717, 1.165) is 6.26 Å². The predicted molar refractivity (Wildman–Crippen MR) is 43.9 cm³/mol. The Kier molecular flexibility index (Phi) is 6.85. The van der Waals surface area contributed by atoms with Crippen molar-refractivity contribution in [1.29, 1.82) is 0 Å². The number of carbonyl (C=O) groups is 1. The lowest BCUT2D eigenvalue weighted by atomic mass is 10.8. The smallest absolute Gasteiger partial charge is 0.234 e. The van der Waals surface area contributed by atoms with Gasteiger partial charge in [-0.15, -0.1) is 10.8 Å². The highest BCUT2D eigenvalue weighted by atomic mass is 32.3. The zero-order valence-electron chi connectivity index (χ0n) is 6.71. The Bertz CT molecular complexity index is 99.6. The molecular weight excluding hydrogens is 154 g/mol. The van der Waals surface area contributed by atoms with Crippen molar-refractivity contribution in [2.24, 2.45) is 0 Å². The first-order valence-corrected chi connectivity index (χ1v) is 4.89. The molecule has 0 aromatic heterocycles. The molecule has 0 fully saturated rings. The molecule has 5 heteroatoms. The van der Waals surface area contributed by atoms with Crippen LogP contribution >= 0.6 is 10.8 Å². The van der Waals surface area contributed by atoms with Crippen molar-refractivity contribution in [3.05, 3.63) is 0 Å². The number of hydrogen-bond acceptors (Lipinski definition) is 3. The summed E-state index contributed by atoms with van der Waals surface area (Å²) in [6, 6.07) is 0. The molecule has 0 spiro atoms. The van der Waals surface area contributed by atoms with Crippen LogP contribution in [0.1, 0.15) is 20.8 Å². The summed E-state index contributed by atoms with van der Waals surface area (Å²) in [6.45, 7) is 5.22. The summed E-state index contributed by atoms with van der Waals surface area (Å²) in [7, 11) is -2.82. The van der Waals surface area contributed by atoms with E-state index in [1.54, 1.807) is 0 Å². The summed E-state index contributed by atoms with van der Waals surface area (Å²) in [6.07, 6.45) is 1.15. The highest BCUT2D eigenvalue weighted by Crippen LogP contribution is 2.26. The van der Waals surface area contributed by atoms with Crippen molar-refractivity contribution in [1.82, 2.24) is 4.72 Å². The molecule has 0 heterocycles. The molecule has 0 rings (SSSR count). The fraction of sp³-hybridized carbons (Fsp3) is 0.800. The third-order valence-electron chi connectivity index (χ3n) is 0.337. The Hall–Kier alpha value is -0.260. The molecule has 0 atom stereocenters. The van der Waals surface area contributed by atoms with E-state index >= 15 is 0 Å². The lowest BCUT2D eigenvalue weighted by molar-refractivity contribution is -0.117. The van der Waals surface area contributed by atoms with Crippen LogP contribution in [0, 0.1) is 0 Å². The molecule has 10 heavy (non-hydrogen) atoms. The lowest BCUT2D eigenvalue weighted by Gasteiger charge is -2.26. The SMILES string of the molecule is CC.CC(=O)NS(C)(O)O. The van der Waals surface area contributed by atoms with E-state index < -0.39 is 16.7 Å². The van der Waals surface area contributed by atoms with Gasteiger partial charge in [0, 0.05) is 13.2 Å². The molecule has 0 saturated carbocycles. The summed E-state index contributed by atoms with van der Waals surface area (Å²) >= 11 is 0. The van der Waals surface area contributed by atoms with Crippen LogP contribution in [0.4, 0.5) is 0 Å². The van der Waals surface area contributed by atoms with Crippen LogP contribution < -0.4 is 4.72 Å². The van der Waals surface area contributed by atoms with Gasteiger partial charge in [0.25, 0.3) is 0 Å². The van der Waals surface area contributed by atoms with E-state index in [1.165, 1.54) is 6.92 Å². The van der Waals surface area contributed by atoms with Gasteiger partial charge < -0.3 is 0 Å². The monoisotopic (exact) mass is 169 g/mol. The van der Waals surface area contributed by atoms with E-state index in [2.05, 4.69) is 0 Å². The quantitative estimate of drug-likeness (QED) is 0.556. The summed E-state index contributed by atoms with van der Waals surface area (Å²) in [5.74, 6) is -0.437. The maximum absolute atomic E-state index is 10.0. The van der Waals surface area contributed by atoms with E-state index in [9.17, 15) is 4.79 Å². The average Bonchev–Trinajstić information content (AvgIpc) is 1.64. The van der Waals surface area contributed by atoms with Crippen LogP contribution in [0.3, 0.4) is 0 Å². The van der Waals surface area contributed by atoms with E-state index in [-0.39, 0.29) is 0 Å². The standard InChI is InChI=1S/C3H9NO3S.C2H6/c1-3(5)4-8(2,6)7;1-2/h6-7H,1-2H3,(H,4,5);1-2H3. The summed E-state index contributed by atoms with van der Waals surface area (Å²) in [4.78, 5) is 10.0. The minimum absolute atomic E-state index is 0.437. The largest absolute Gasteiger partial charge is 0.282 e. The first-order chi connectivity index (χ1) is 4.42. The van der Waals surface area contributed by atoms with Gasteiger partial charge in [0.05, 0.1) is 0 Å². The first kappa shape index (κ1) is 12.4. The van der Waals surface area contributed by atoms with Crippen LogP contribution in [0.15, 0.2) is 0 Å². The highest BCUT2D eigenvalue weighted by molar-refractivity contribution is 8.22. The van der Waals surface area contributed by atoms with E-state index in [0.29, 0.717) is 0 Å². The first-order valence-electron chi connectivity index (χ1n) is 2.93. The van der Waals surface area contributed by atoms with Crippen LogP contribution in [0.5, 0.6) is 0 Å². The van der Waals surface area contributed by atoms with Crippen molar-refractivity contribution in [2.45, 2.75) is 20.8 Å². The fourth-order valence-electron chi connectivity index (χ4n) is 0.272. The summed E-state index contributed by atoms with van der Waals surface area (Å²) in [5.41, 5.74) is 0. The van der Waals surface area contributed by atoms with Gasteiger partial charge in [-0.05, 0) is 0 Å². The Morgan fingerprint density at radius 1 is 1.40 bits per heavy atom. The number of rotatable bonds is 1. The Balaban J connectivity index is 0. The number of nitrogens with one attached hydrogen (secondary N) is 1. The molecule has 1 amide bonds. The minimum atomic E-state index is -2.82. The van der Waals surface area contributed by atoms with Gasteiger partial charge in [0.2, 0.25) is 5.91 Å². The molecule has 0 aliphatic carbocycles. The van der Waals surface area contributed by atoms with Gasteiger partial charge in [-0.2, -0.15) is 0 Å². The molecule has 3 N–H and O–H groups in total. The zero-order chi connectivity index (χ0) is 8.78. The molecule has 64 valence electrons. The number of carbonyl (C=O) groups excluding carboxylic acids is 1. The van der Waals surface area contributed by atoms with E-state index in [4.69, 9.17) is 9.11 Å². The third kappa shape index (κ3) is 15.6. The van der Waals surface area contributed by atoms with Crippen molar-refractivity contribution >= 4 is 16.7 Å². The van der Waals surface area contributed by atoms with Gasteiger partial charge in [-0.1, -0.05) is 13.8 Å². The average molecular weight is 169 g/mol. The molecule has 0 aromatic carbocycles. The van der Waals surface area contributed by atoms with Crippen LogP contribution in [-0.4, -0.2) is 21.3 Å². The Morgan fingerprint density at radius 3 is 1.70 bits per heavy atom. The summed E-state index contributed by atoms with van der Waals surface area (Å²) < 4.78 is 18.9. The predicted octanol–water partition coefficient (Wildman–Crippen LogP) is 1.44. The van der Waals surface area contributed by atoms with Gasteiger partial charge in [-0.3, -0.25) is 18.6 Å².